The summed E-state index contributed by atoms with van der Waals surface area (Å²) in [5.41, 5.74) is 4.16. The maximum absolute atomic E-state index is 12.9. The first-order chi connectivity index (χ1) is 6.66. The minimum Gasteiger partial charge on any atom is -0.359 e. The highest BCUT2D eigenvalue weighted by atomic mass is 19.1. The van der Waals surface area contributed by atoms with Gasteiger partial charge in [0.1, 0.15) is 5.82 Å². The third-order valence-electron chi connectivity index (χ3n) is 2.31. The van der Waals surface area contributed by atoms with Gasteiger partial charge in [0.25, 0.3) is 0 Å². The molecule has 0 amide bonds. The largest absolute Gasteiger partial charge is 0.359 e. The van der Waals surface area contributed by atoms with Crippen molar-refractivity contribution in [3.05, 3.63) is 47.4 Å². The summed E-state index contributed by atoms with van der Waals surface area (Å²) >= 11 is 0. The number of H-pyrrole nitrogens is 1. The number of nitrogens with one attached hydrogen (secondary N) is 1. The number of aryl methyl sites for hydroxylation is 2. The molecule has 0 bridgehead atoms. The summed E-state index contributed by atoms with van der Waals surface area (Å²) in [7, 11) is 0. The van der Waals surface area contributed by atoms with Crippen LogP contribution in [-0.2, 0) is 0 Å². The Balaban J connectivity index is 2.52. The van der Waals surface area contributed by atoms with Gasteiger partial charge in [0, 0.05) is 17.0 Å². The van der Waals surface area contributed by atoms with E-state index < -0.39 is 0 Å². The molecule has 2 heteroatoms. The third kappa shape index (κ3) is 1.55. The lowest BCUT2D eigenvalue weighted by molar-refractivity contribution is 0.627. The Morgan fingerprint density at radius 3 is 2.43 bits per heavy atom. The summed E-state index contributed by atoms with van der Waals surface area (Å²) in [4.78, 5) is 3.23. The summed E-state index contributed by atoms with van der Waals surface area (Å²) in [5.74, 6) is -0.186. The van der Waals surface area contributed by atoms with Crippen LogP contribution in [0.4, 0.5) is 4.39 Å². The molecule has 14 heavy (non-hydrogen) atoms. The molecule has 0 aliphatic heterocycles. The second-order valence-corrected chi connectivity index (χ2v) is 3.51. The monoisotopic (exact) mass is 189 g/mol. The van der Waals surface area contributed by atoms with E-state index in [0.717, 1.165) is 22.5 Å². The van der Waals surface area contributed by atoms with Gasteiger partial charge in [0.15, 0.2) is 0 Å². The predicted molar refractivity (Wildman–Crippen MR) is 55.7 cm³/mol. The molecule has 1 aromatic carbocycles. The molecule has 0 saturated carbocycles. The van der Waals surface area contributed by atoms with Gasteiger partial charge < -0.3 is 4.98 Å². The van der Waals surface area contributed by atoms with Crippen molar-refractivity contribution >= 4 is 0 Å². The smallest absolute Gasteiger partial charge is 0.123 e. The average Bonchev–Trinajstić information content (AvgIpc) is 2.51. The molecule has 1 nitrogen and oxygen atoms in total. The van der Waals surface area contributed by atoms with E-state index in [1.165, 1.54) is 6.07 Å². The van der Waals surface area contributed by atoms with Crippen LogP contribution in [0.3, 0.4) is 0 Å². The molecule has 1 aromatic heterocycles. The van der Waals surface area contributed by atoms with E-state index in [0.29, 0.717) is 0 Å². The Morgan fingerprint density at radius 2 is 1.86 bits per heavy atom. The molecule has 2 rings (SSSR count). The fraction of sp³-hybridized carbons (Fsp3) is 0.167. The topological polar surface area (TPSA) is 15.8 Å². The SMILES string of the molecule is Cc1ccc(-c2ccc(F)cc2C)[nH]1. The zero-order chi connectivity index (χ0) is 10.1. The minimum absolute atomic E-state index is 0.186. The van der Waals surface area contributed by atoms with Crippen molar-refractivity contribution < 1.29 is 4.39 Å². The van der Waals surface area contributed by atoms with Crippen LogP contribution in [0.5, 0.6) is 0 Å². The van der Waals surface area contributed by atoms with Crippen LogP contribution in [0, 0.1) is 19.7 Å². The maximum Gasteiger partial charge on any atom is 0.123 e. The van der Waals surface area contributed by atoms with Crippen molar-refractivity contribution in [2.45, 2.75) is 13.8 Å². The highest BCUT2D eigenvalue weighted by Crippen LogP contribution is 2.22. The summed E-state index contributed by atoms with van der Waals surface area (Å²) in [5, 5.41) is 0. The van der Waals surface area contributed by atoms with E-state index in [9.17, 15) is 4.39 Å². The van der Waals surface area contributed by atoms with Crippen LogP contribution in [-0.4, -0.2) is 4.98 Å². The zero-order valence-corrected chi connectivity index (χ0v) is 8.26. The minimum atomic E-state index is -0.186. The van der Waals surface area contributed by atoms with Crippen molar-refractivity contribution in [2.75, 3.05) is 0 Å². The first-order valence-corrected chi connectivity index (χ1v) is 4.59. The van der Waals surface area contributed by atoms with Crippen LogP contribution in [0.25, 0.3) is 11.3 Å². The molecule has 0 saturated heterocycles. The second-order valence-electron chi connectivity index (χ2n) is 3.51. The number of benzene rings is 1. The van der Waals surface area contributed by atoms with Crippen molar-refractivity contribution in [1.82, 2.24) is 4.98 Å². The molecule has 0 radical (unpaired) electrons. The van der Waals surface area contributed by atoms with Gasteiger partial charge >= 0.3 is 0 Å². The first kappa shape index (κ1) is 9.00. The lowest BCUT2D eigenvalue weighted by Gasteiger charge is -2.03. The Labute approximate surface area is 82.6 Å². The fourth-order valence-electron chi connectivity index (χ4n) is 1.59. The molecular formula is C12H12FN. The van der Waals surface area contributed by atoms with E-state index in [1.54, 1.807) is 12.1 Å². The van der Waals surface area contributed by atoms with Crippen molar-refractivity contribution in [3.63, 3.8) is 0 Å². The van der Waals surface area contributed by atoms with E-state index in [1.807, 2.05) is 26.0 Å². The molecule has 1 N–H and O–H groups in total. The Morgan fingerprint density at radius 1 is 1.07 bits per heavy atom. The van der Waals surface area contributed by atoms with Crippen molar-refractivity contribution in [2.24, 2.45) is 0 Å². The molecule has 0 aliphatic rings. The van der Waals surface area contributed by atoms with Crippen molar-refractivity contribution in [1.29, 1.82) is 0 Å². The average molecular weight is 189 g/mol. The van der Waals surface area contributed by atoms with Crippen LogP contribution >= 0.6 is 0 Å². The maximum atomic E-state index is 12.9. The summed E-state index contributed by atoms with van der Waals surface area (Å²) in [6, 6.07) is 8.85. The van der Waals surface area contributed by atoms with Gasteiger partial charge in [-0.15, -0.1) is 0 Å². The highest BCUT2D eigenvalue weighted by Gasteiger charge is 2.03. The van der Waals surface area contributed by atoms with Gasteiger partial charge in [-0.05, 0) is 49.7 Å². The van der Waals surface area contributed by atoms with Crippen LogP contribution in [0.15, 0.2) is 30.3 Å². The number of aromatic nitrogens is 1. The number of aromatic amines is 1. The van der Waals surface area contributed by atoms with Gasteiger partial charge in [-0.3, -0.25) is 0 Å². The lowest BCUT2D eigenvalue weighted by Crippen LogP contribution is -1.85. The van der Waals surface area contributed by atoms with Crippen LogP contribution < -0.4 is 0 Å². The molecule has 72 valence electrons. The Bertz CT molecular complexity index is 457. The zero-order valence-electron chi connectivity index (χ0n) is 8.26. The Hall–Kier alpha value is -1.57. The normalized spacial score (nSPS) is 10.5. The molecule has 0 fully saturated rings. The predicted octanol–water partition coefficient (Wildman–Crippen LogP) is 3.44. The van der Waals surface area contributed by atoms with Gasteiger partial charge in [-0.1, -0.05) is 0 Å². The summed E-state index contributed by atoms with van der Waals surface area (Å²) in [6.45, 7) is 3.91. The molecule has 0 unspecified atom stereocenters. The third-order valence-corrected chi connectivity index (χ3v) is 2.31. The van der Waals surface area contributed by atoms with Crippen molar-refractivity contribution in [3.8, 4) is 11.3 Å². The van der Waals surface area contributed by atoms with Gasteiger partial charge in [-0.25, -0.2) is 4.39 Å². The summed E-state index contributed by atoms with van der Waals surface area (Å²) < 4.78 is 12.9. The van der Waals surface area contributed by atoms with E-state index in [4.69, 9.17) is 0 Å². The molecule has 2 aromatic rings. The highest BCUT2D eigenvalue weighted by molar-refractivity contribution is 5.63. The standard InChI is InChI=1S/C12H12FN/c1-8-7-10(13)4-5-11(8)12-6-3-9(2)14-12/h3-7,14H,1-2H3. The second kappa shape index (κ2) is 3.29. The Kier molecular flexibility index (Phi) is 2.12. The molecule has 0 atom stereocenters. The fourth-order valence-corrected chi connectivity index (χ4v) is 1.59. The van der Waals surface area contributed by atoms with Gasteiger partial charge in [-0.2, -0.15) is 0 Å². The van der Waals surface area contributed by atoms with E-state index in [2.05, 4.69) is 4.98 Å². The van der Waals surface area contributed by atoms with Crippen LogP contribution in [0.1, 0.15) is 11.3 Å². The lowest BCUT2D eigenvalue weighted by atomic mass is 10.1. The van der Waals surface area contributed by atoms with Gasteiger partial charge in [0.05, 0.1) is 0 Å². The van der Waals surface area contributed by atoms with Gasteiger partial charge in [0.2, 0.25) is 0 Å². The van der Waals surface area contributed by atoms with Crippen LogP contribution in [0.2, 0.25) is 0 Å². The van der Waals surface area contributed by atoms with E-state index in [-0.39, 0.29) is 5.82 Å². The van der Waals surface area contributed by atoms with E-state index >= 15 is 0 Å². The summed E-state index contributed by atoms with van der Waals surface area (Å²) in [6.07, 6.45) is 0. The number of halogens is 1. The quantitative estimate of drug-likeness (QED) is 0.707. The number of hydrogen-bond donors (Lipinski definition) is 1. The molecule has 0 aliphatic carbocycles. The molecule has 0 spiro atoms. The first-order valence-electron chi connectivity index (χ1n) is 4.59. The molecular weight excluding hydrogens is 177 g/mol. The number of rotatable bonds is 1. The number of hydrogen-bond acceptors (Lipinski definition) is 0. The molecule has 1 heterocycles.